The van der Waals surface area contributed by atoms with E-state index in [0.717, 1.165) is 5.56 Å². The second-order valence-corrected chi connectivity index (χ2v) is 3.84. The molecule has 0 aliphatic rings. The van der Waals surface area contributed by atoms with Crippen LogP contribution in [0.3, 0.4) is 0 Å². The molecular weight excluding hydrogens is 178 g/mol. The van der Waals surface area contributed by atoms with Gasteiger partial charge in [-0.2, -0.15) is 0 Å². The predicted octanol–water partition coefficient (Wildman–Crippen LogP) is 1.87. The van der Waals surface area contributed by atoms with Crippen molar-refractivity contribution in [1.82, 2.24) is 0 Å². The summed E-state index contributed by atoms with van der Waals surface area (Å²) in [4.78, 5) is 4.57. The average molecular weight is 195 g/mol. The van der Waals surface area contributed by atoms with Gasteiger partial charge in [0.25, 0.3) is 0 Å². The van der Waals surface area contributed by atoms with Crippen LogP contribution >= 0.6 is 0 Å². The number of nitrogens with two attached hydrogens (primary N) is 1. The molecule has 0 atom stereocenters. The molecule has 3 heteroatoms. The molecule has 0 saturated carbocycles. The highest BCUT2D eigenvalue weighted by Crippen LogP contribution is 2.12. The summed E-state index contributed by atoms with van der Waals surface area (Å²) in [5, 5.41) is 0. The molecule has 78 valence electrons. The van der Waals surface area contributed by atoms with Gasteiger partial charge < -0.3 is 9.57 Å². The summed E-state index contributed by atoms with van der Waals surface area (Å²) in [5.74, 6) is 5.00. The highest BCUT2D eigenvalue weighted by atomic mass is 16.6. The van der Waals surface area contributed by atoms with E-state index < -0.39 is 0 Å². The molecule has 0 bridgehead atoms. The van der Waals surface area contributed by atoms with Crippen molar-refractivity contribution in [2.24, 2.45) is 5.90 Å². The van der Waals surface area contributed by atoms with Gasteiger partial charge in [0.15, 0.2) is 0 Å². The molecule has 2 N–H and O–H groups in total. The van der Waals surface area contributed by atoms with Crippen LogP contribution in [0.1, 0.15) is 19.4 Å². The zero-order valence-electron chi connectivity index (χ0n) is 8.69. The lowest BCUT2D eigenvalue weighted by Crippen LogP contribution is -2.31. The molecule has 1 aromatic rings. The minimum absolute atomic E-state index is 0.343. The Labute approximate surface area is 84.8 Å². The molecule has 3 nitrogen and oxygen atoms in total. The molecule has 0 fully saturated rings. The Morgan fingerprint density at radius 1 is 1.21 bits per heavy atom. The summed E-state index contributed by atoms with van der Waals surface area (Å²) in [6.07, 6.45) is 0. The second-order valence-electron chi connectivity index (χ2n) is 3.84. The fourth-order valence-electron chi connectivity index (χ4n) is 1.10. The smallest absolute Gasteiger partial charge is 0.0964 e. The molecule has 1 aromatic carbocycles. The quantitative estimate of drug-likeness (QED) is 0.729. The molecule has 0 radical (unpaired) electrons. The van der Waals surface area contributed by atoms with Crippen molar-refractivity contribution in [3.8, 4) is 0 Å². The molecule has 14 heavy (non-hydrogen) atoms. The third-order valence-corrected chi connectivity index (χ3v) is 1.90. The molecule has 1 rings (SSSR count). The molecule has 0 unspecified atom stereocenters. The fourth-order valence-corrected chi connectivity index (χ4v) is 1.10. The summed E-state index contributed by atoms with van der Waals surface area (Å²) in [5.41, 5.74) is 0.808. The molecule has 0 spiro atoms. The van der Waals surface area contributed by atoms with E-state index in [1.165, 1.54) is 0 Å². The summed E-state index contributed by atoms with van der Waals surface area (Å²) in [7, 11) is 0. The molecule has 0 aliphatic heterocycles. The summed E-state index contributed by atoms with van der Waals surface area (Å²) >= 11 is 0. The molecular formula is C11H17NO2. The maximum Gasteiger partial charge on any atom is 0.0964 e. The first-order valence-electron chi connectivity index (χ1n) is 4.63. The summed E-state index contributed by atoms with van der Waals surface area (Å²) in [6, 6.07) is 10.0. The molecule has 0 aromatic heterocycles. The highest BCUT2D eigenvalue weighted by Gasteiger charge is 2.18. The largest absolute Gasteiger partial charge is 0.368 e. The standard InChI is InChI=1S/C11H17NO2/c1-11(2,9-14-12)13-8-10-6-4-3-5-7-10/h3-7H,8-9,12H2,1-2H3. The Kier molecular flexibility index (Phi) is 4.07. The van der Waals surface area contributed by atoms with Crippen molar-refractivity contribution < 1.29 is 9.57 Å². The van der Waals surface area contributed by atoms with Crippen molar-refractivity contribution in [2.75, 3.05) is 6.61 Å². The van der Waals surface area contributed by atoms with E-state index in [0.29, 0.717) is 13.2 Å². The minimum Gasteiger partial charge on any atom is -0.368 e. The number of hydrogen-bond acceptors (Lipinski definition) is 3. The molecule has 0 saturated heterocycles. The van der Waals surface area contributed by atoms with Crippen LogP contribution < -0.4 is 5.90 Å². The second kappa shape index (κ2) is 5.10. The van der Waals surface area contributed by atoms with E-state index in [1.807, 2.05) is 44.2 Å². The SMILES string of the molecule is CC(C)(CON)OCc1ccccc1. The van der Waals surface area contributed by atoms with Gasteiger partial charge in [0.2, 0.25) is 0 Å². The fraction of sp³-hybridized carbons (Fsp3) is 0.455. The lowest BCUT2D eigenvalue weighted by molar-refractivity contribution is -0.0842. The van der Waals surface area contributed by atoms with Gasteiger partial charge in [-0.05, 0) is 19.4 Å². The van der Waals surface area contributed by atoms with Gasteiger partial charge in [0.1, 0.15) is 0 Å². The topological polar surface area (TPSA) is 44.5 Å². The third kappa shape index (κ3) is 3.87. The minimum atomic E-state index is -0.343. The van der Waals surface area contributed by atoms with Crippen LogP contribution in [0.5, 0.6) is 0 Å². The maximum atomic E-state index is 5.65. The van der Waals surface area contributed by atoms with E-state index in [4.69, 9.17) is 10.6 Å². The van der Waals surface area contributed by atoms with Crippen LogP contribution in [0.25, 0.3) is 0 Å². The van der Waals surface area contributed by atoms with Crippen LogP contribution in [-0.4, -0.2) is 12.2 Å². The highest BCUT2D eigenvalue weighted by molar-refractivity contribution is 5.13. The predicted molar refractivity (Wildman–Crippen MR) is 55.4 cm³/mol. The monoisotopic (exact) mass is 195 g/mol. The zero-order valence-corrected chi connectivity index (χ0v) is 8.69. The van der Waals surface area contributed by atoms with Gasteiger partial charge >= 0.3 is 0 Å². The average Bonchev–Trinajstić information content (AvgIpc) is 2.17. The molecule has 0 amide bonds. The van der Waals surface area contributed by atoms with E-state index in [2.05, 4.69) is 4.84 Å². The van der Waals surface area contributed by atoms with Crippen LogP contribution in [0.2, 0.25) is 0 Å². The van der Waals surface area contributed by atoms with E-state index in [9.17, 15) is 0 Å². The Bertz CT molecular complexity index is 259. The number of benzene rings is 1. The third-order valence-electron chi connectivity index (χ3n) is 1.90. The van der Waals surface area contributed by atoms with Crippen LogP contribution in [0.15, 0.2) is 30.3 Å². The Hall–Kier alpha value is -0.900. The van der Waals surface area contributed by atoms with Crippen molar-refractivity contribution in [3.05, 3.63) is 35.9 Å². The first kappa shape index (κ1) is 11.2. The lowest BCUT2D eigenvalue weighted by atomic mass is 10.1. The van der Waals surface area contributed by atoms with Crippen LogP contribution in [0, 0.1) is 0 Å². The Balaban J connectivity index is 2.40. The van der Waals surface area contributed by atoms with Gasteiger partial charge in [0.05, 0.1) is 18.8 Å². The number of rotatable bonds is 5. The lowest BCUT2D eigenvalue weighted by Gasteiger charge is -2.23. The summed E-state index contributed by atoms with van der Waals surface area (Å²) < 4.78 is 5.65. The van der Waals surface area contributed by atoms with Crippen LogP contribution in [0.4, 0.5) is 0 Å². The van der Waals surface area contributed by atoms with E-state index >= 15 is 0 Å². The van der Waals surface area contributed by atoms with Crippen molar-refractivity contribution in [3.63, 3.8) is 0 Å². The van der Waals surface area contributed by atoms with Crippen molar-refractivity contribution in [1.29, 1.82) is 0 Å². The molecule has 0 aliphatic carbocycles. The van der Waals surface area contributed by atoms with Gasteiger partial charge in [-0.1, -0.05) is 30.3 Å². The van der Waals surface area contributed by atoms with E-state index in [1.54, 1.807) is 0 Å². The maximum absolute atomic E-state index is 5.65. The van der Waals surface area contributed by atoms with Gasteiger partial charge in [-0.15, -0.1) is 0 Å². The van der Waals surface area contributed by atoms with Gasteiger partial charge in [0, 0.05) is 0 Å². The molecule has 0 heterocycles. The first-order chi connectivity index (χ1) is 6.64. The van der Waals surface area contributed by atoms with Crippen LogP contribution in [-0.2, 0) is 16.2 Å². The number of ether oxygens (including phenoxy) is 1. The van der Waals surface area contributed by atoms with Crippen molar-refractivity contribution in [2.45, 2.75) is 26.1 Å². The van der Waals surface area contributed by atoms with Crippen molar-refractivity contribution >= 4 is 0 Å². The van der Waals surface area contributed by atoms with Gasteiger partial charge in [-0.25, -0.2) is 5.90 Å². The first-order valence-corrected chi connectivity index (χ1v) is 4.63. The number of hydrogen-bond donors (Lipinski definition) is 1. The Morgan fingerprint density at radius 3 is 2.43 bits per heavy atom. The van der Waals surface area contributed by atoms with Gasteiger partial charge in [-0.3, -0.25) is 0 Å². The zero-order chi connectivity index (χ0) is 10.4. The van der Waals surface area contributed by atoms with E-state index in [-0.39, 0.29) is 5.60 Å². The Morgan fingerprint density at radius 2 is 1.86 bits per heavy atom. The summed E-state index contributed by atoms with van der Waals surface area (Å²) in [6.45, 7) is 4.86. The normalized spacial score (nSPS) is 11.6.